The quantitative estimate of drug-likeness (QED) is 0.485. The van der Waals surface area contributed by atoms with Crippen LogP contribution in [0.5, 0.6) is 0 Å². The Morgan fingerprint density at radius 1 is 0.867 bits per heavy atom. The smallest absolute Gasteiger partial charge is 0 e. The van der Waals surface area contributed by atoms with Crippen molar-refractivity contribution in [1.82, 2.24) is 0 Å². The molecule has 0 heterocycles. The third-order valence-corrected chi connectivity index (χ3v) is 1.54. The SMILES string of the molecule is CC(C)(C)[c-]1[c-][c-][c-][c-]1.[Fe].[c-]1[c-][c-][cH-][c-]1. The first kappa shape index (κ1) is 14.2. The molecule has 0 N–H and O–H groups in total. The van der Waals surface area contributed by atoms with E-state index in [2.05, 4.69) is 69.3 Å². The van der Waals surface area contributed by atoms with Gasteiger partial charge in [0, 0.05) is 17.1 Å². The number of hydrogen-bond donors (Lipinski definition) is 0. The van der Waals surface area contributed by atoms with Crippen molar-refractivity contribution in [2.45, 2.75) is 26.2 Å². The molecule has 0 spiro atoms. The summed E-state index contributed by atoms with van der Waals surface area (Å²) in [6, 6.07) is 23.3. The minimum Gasteiger partial charge on any atom is -0.999 e. The van der Waals surface area contributed by atoms with Gasteiger partial charge in [0.25, 0.3) is 0 Å². The van der Waals surface area contributed by atoms with Crippen LogP contribution >= 0.6 is 0 Å². The first-order valence-corrected chi connectivity index (χ1v) is 4.33. The summed E-state index contributed by atoms with van der Waals surface area (Å²) < 4.78 is 0. The molecule has 15 heavy (non-hydrogen) atoms. The van der Waals surface area contributed by atoms with Crippen molar-refractivity contribution < 1.29 is 17.1 Å². The van der Waals surface area contributed by atoms with E-state index in [1.807, 2.05) is 0 Å². The second-order valence-electron chi connectivity index (χ2n) is 3.81. The Morgan fingerprint density at radius 2 is 1.33 bits per heavy atom. The van der Waals surface area contributed by atoms with Crippen LogP contribution in [0.1, 0.15) is 26.3 Å². The normalized spacial score (nSPS) is 9.80. The maximum Gasteiger partial charge on any atom is 0 e. The molecule has 0 aromatic heterocycles. The largest absolute Gasteiger partial charge is 0.999 e. The molecule has 0 aliphatic carbocycles. The molecule has 0 atom stereocenters. The molecular weight excluding hydrogens is 224 g/mol. The van der Waals surface area contributed by atoms with Crippen LogP contribution in [0.3, 0.4) is 0 Å². The summed E-state index contributed by atoms with van der Waals surface area (Å²) in [7, 11) is 0. The predicted octanol–water partition coefficient (Wildman–Crippen LogP) is 2.51. The third-order valence-electron chi connectivity index (χ3n) is 1.54. The molecule has 0 fully saturated rings. The zero-order valence-electron chi connectivity index (χ0n) is 8.93. The zero-order valence-corrected chi connectivity index (χ0v) is 10.0. The van der Waals surface area contributed by atoms with Crippen LogP contribution in [0.2, 0.25) is 0 Å². The Hall–Kier alpha value is -0.781. The Balaban J connectivity index is 0.000000280. The third kappa shape index (κ3) is 5.61. The Labute approximate surface area is 104 Å². The van der Waals surface area contributed by atoms with Crippen LogP contribution in [0.15, 0.2) is 6.07 Å². The van der Waals surface area contributed by atoms with Crippen LogP contribution in [-0.4, -0.2) is 0 Å². The summed E-state index contributed by atoms with van der Waals surface area (Å²) in [6.45, 7) is 6.37. The van der Waals surface area contributed by atoms with Crippen molar-refractivity contribution in [2.24, 2.45) is 0 Å². The van der Waals surface area contributed by atoms with Crippen molar-refractivity contribution in [1.29, 1.82) is 0 Å². The van der Waals surface area contributed by atoms with E-state index in [-0.39, 0.29) is 22.5 Å². The van der Waals surface area contributed by atoms with E-state index in [0.717, 1.165) is 5.56 Å². The first-order valence-electron chi connectivity index (χ1n) is 4.33. The molecule has 2 aromatic carbocycles. The van der Waals surface area contributed by atoms with Crippen molar-refractivity contribution in [2.75, 3.05) is 0 Å². The standard InChI is InChI=1S/C9H9.C5H.Fe/c1-9(2,3)8-6-4-5-7-8;1-2-4-5-3-1;/h1-3H3;1H;/q2*-5;. The number of hydrogen-bond acceptors (Lipinski definition) is 0. The van der Waals surface area contributed by atoms with Crippen LogP contribution in [0.4, 0.5) is 0 Å². The fraction of sp³-hybridized carbons (Fsp3) is 0.286. The van der Waals surface area contributed by atoms with Gasteiger partial charge in [-0.05, 0) is 0 Å². The second-order valence-corrected chi connectivity index (χ2v) is 3.81. The van der Waals surface area contributed by atoms with Crippen LogP contribution in [0.25, 0.3) is 0 Å². The van der Waals surface area contributed by atoms with E-state index in [1.165, 1.54) is 0 Å². The van der Waals surface area contributed by atoms with Gasteiger partial charge < -0.3 is 60.2 Å². The predicted molar refractivity (Wildman–Crippen MR) is 53.5 cm³/mol. The monoisotopic (exact) mass is 234 g/mol. The fourth-order valence-corrected chi connectivity index (χ4v) is 0.774. The minimum atomic E-state index is 0. The molecule has 0 nitrogen and oxygen atoms in total. The van der Waals surface area contributed by atoms with Gasteiger partial charge in [0.05, 0.1) is 0 Å². The van der Waals surface area contributed by atoms with Gasteiger partial charge in [-0.15, -0.1) is 0 Å². The van der Waals surface area contributed by atoms with Gasteiger partial charge in [0.2, 0.25) is 0 Å². The molecule has 2 rings (SSSR count). The molecule has 1 heteroatoms. The van der Waals surface area contributed by atoms with Crippen LogP contribution in [0, 0.1) is 48.5 Å². The van der Waals surface area contributed by atoms with E-state index in [0.29, 0.717) is 0 Å². The zero-order chi connectivity index (χ0) is 10.4. The number of rotatable bonds is 0. The van der Waals surface area contributed by atoms with Gasteiger partial charge in [-0.25, -0.2) is 5.41 Å². The molecule has 0 amide bonds. The van der Waals surface area contributed by atoms with Crippen molar-refractivity contribution >= 4 is 0 Å². The molecular formula is C14H10Fe-10. The molecule has 0 radical (unpaired) electrons. The van der Waals surface area contributed by atoms with Crippen molar-refractivity contribution in [3.63, 3.8) is 0 Å². The van der Waals surface area contributed by atoms with Crippen LogP contribution < -0.4 is 0 Å². The first-order chi connectivity index (χ1) is 6.61. The Kier molecular flexibility index (Phi) is 6.31. The molecule has 84 valence electrons. The molecule has 0 saturated carbocycles. The average Bonchev–Trinajstić information content (AvgIpc) is 2.80. The van der Waals surface area contributed by atoms with Gasteiger partial charge >= 0.3 is 0 Å². The maximum absolute atomic E-state index is 2.94. The van der Waals surface area contributed by atoms with Crippen molar-refractivity contribution in [3.8, 4) is 0 Å². The van der Waals surface area contributed by atoms with Gasteiger partial charge in [-0.2, -0.15) is 0 Å². The van der Waals surface area contributed by atoms with E-state index in [9.17, 15) is 0 Å². The molecule has 2 aromatic rings. The van der Waals surface area contributed by atoms with Crippen LogP contribution in [-0.2, 0) is 22.5 Å². The summed E-state index contributed by atoms with van der Waals surface area (Å²) in [5.41, 5.74) is 1.21. The van der Waals surface area contributed by atoms with Gasteiger partial charge in [-0.1, -0.05) is 20.8 Å². The summed E-state index contributed by atoms with van der Waals surface area (Å²) in [6.07, 6.45) is 0. The van der Waals surface area contributed by atoms with Gasteiger partial charge in [0.1, 0.15) is 0 Å². The molecule has 0 aliphatic heterocycles. The maximum atomic E-state index is 2.94. The Bertz CT molecular complexity index is 291. The summed E-state index contributed by atoms with van der Waals surface area (Å²) >= 11 is 0. The topological polar surface area (TPSA) is 0 Å². The van der Waals surface area contributed by atoms with E-state index >= 15 is 0 Å². The molecule has 0 bridgehead atoms. The molecule has 0 saturated heterocycles. The van der Waals surface area contributed by atoms with E-state index < -0.39 is 0 Å². The van der Waals surface area contributed by atoms with Crippen molar-refractivity contribution in [3.05, 3.63) is 60.2 Å². The van der Waals surface area contributed by atoms with Gasteiger partial charge in [0.15, 0.2) is 0 Å². The summed E-state index contributed by atoms with van der Waals surface area (Å²) in [5, 5.41) is 0. The van der Waals surface area contributed by atoms with Gasteiger partial charge in [-0.3, -0.25) is 0 Å². The summed E-state index contributed by atoms with van der Waals surface area (Å²) in [5.74, 6) is 0. The summed E-state index contributed by atoms with van der Waals surface area (Å²) in [4.78, 5) is 0. The van der Waals surface area contributed by atoms with E-state index in [1.54, 1.807) is 6.07 Å². The van der Waals surface area contributed by atoms with E-state index in [4.69, 9.17) is 0 Å². The molecule has 0 aliphatic rings. The second kappa shape index (κ2) is 6.66. The molecule has 0 unspecified atom stereocenters. The fourth-order valence-electron chi connectivity index (χ4n) is 0.774. The average molecular weight is 234 g/mol. The minimum absolute atomic E-state index is 0. The Morgan fingerprint density at radius 3 is 1.53 bits per heavy atom.